The van der Waals surface area contributed by atoms with Gasteiger partial charge in [0.05, 0.1) is 19.1 Å². The van der Waals surface area contributed by atoms with Gasteiger partial charge in [0.15, 0.2) is 0 Å². The van der Waals surface area contributed by atoms with Gasteiger partial charge < -0.3 is 25.7 Å². The van der Waals surface area contributed by atoms with Crippen LogP contribution in [0.1, 0.15) is 55.4 Å². The summed E-state index contributed by atoms with van der Waals surface area (Å²) in [6.45, 7) is -0.515. The van der Waals surface area contributed by atoms with Gasteiger partial charge in [-0.05, 0) is 37.1 Å². The number of hydrogen-bond donors (Lipinski definition) is 4. The summed E-state index contributed by atoms with van der Waals surface area (Å²) in [5.41, 5.74) is 0.240. The SMILES string of the molecule is O=C(O)C[C@@H](CO)NC(=O)[C@@H]1CC[C@@H]2CCCC[C@H](NC(=O)c3nccc4ccccc34)C(=O)N21. The molecule has 4 rings (SSSR count). The number of nitrogens with one attached hydrogen (secondary N) is 2. The number of benzene rings is 1. The summed E-state index contributed by atoms with van der Waals surface area (Å²) in [6, 6.07) is 6.57. The number of rotatable bonds is 7. The number of aliphatic hydroxyl groups is 1. The van der Waals surface area contributed by atoms with E-state index in [1.54, 1.807) is 11.1 Å². The number of pyridine rings is 1. The van der Waals surface area contributed by atoms with E-state index in [-0.39, 0.29) is 17.6 Å². The molecule has 2 saturated heterocycles. The summed E-state index contributed by atoms with van der Waals surface area (Å²) in [7, 11) is 0. The highest BCUT2D eigenvalue weighted by atomic mass is 16.4. The third-order valence-corrected chi connectivity index (χ3v) is 6.82. The molecule has 0 spiro atoms. The van der Waals surface area contributed by atoms with Crippen LogP contribution in [0.5, 0.6) is 0 Å². The zero-order valence-electron chi connectivity index (χ0n) is 19.4. The third kappa shape index (κ3) is 5.43. The number of carbonyl (C=O) groups is 4. The lowest BCUT2D eigenvalue weighted by molar-refractivity contribution is -0.143. The Bertz CT molecular complexity index is 1120. The first kappa shape index (κ1) is 24.6. The molecule has 4 N–H and O–H groups in total. The summed E-state index contributed by atoms with van der Waals surface area (Å²) in [4.78, 5) is 56.6. The molecule has 2 aromatic rings. The largest absolute Gasteiger partial charge is 0.481 e. The van der Waals surface area contributed by atoms with E-state index in [0.717, 1.165) is 24.6 Å². The maximum atomic E-state index is 13.6. The average molecular weight is 483 g/mol. The van der Waals surface area contributed by atoms with Gasteiger partial charge in [-0.15, -0.1) is 0 Å². The number of fused-ring (bicyclic) bond motifs is 2. The molecule has 1 aromatic carbocycles. The van der Waals surface area contributed by atoms with Gasteiger partial charge >= 0.3 is 5.97 Å². The molecule has 3 heterocycles. The topological polar surface area (TPSA) is 149 Å². The monoisotopic (exact) mass is 482 g/mol. The third-order valence-electron chi connectivity index (χ3n) is 6.82. The molecular weight excluding hydrogens is 452 g/mol. The highest BCUT2D eigenvalue weighted by Gasteiger charge is 2.44. The Hall–Kier alpha value is -3.53. The van der Waals surface area contributed by atoms with E-state index in [9.17, 15) is 24.3 Å². The second-order valence-corrected chi connectivity index (χ2v) is 9.17. The standard InChI is InChI=1S/C25H30N4O6/c30-14-16(13-21(31)32)27-23(33)20-10-9-17-6-2-4-8-19(25(35)29(17)20)28-24(34)22-18-7-3-1-5-15(18)11-12-26-22/h1,3,5,7,11-12,16-17,19-20,30H,2,4,6,8-10,13-14H2,(H,27,33)(H,28,34)(H,31,32)/t16-,17-,19-,20-/m0/s1. The van der Waals surface area contributed by atoms with Crippen LogP contribution in [0.4, 0.5) is 0 Å². The zero-order chi connectivity index (χ0) is 24.9. The molecule has 10 heteroatoms. The minimum absolute atomic E-state index is 0.124. The van der Waals surface area contributed by atoms with Crippen LogP contribution in [0.2, 0.25) is 0 Å². The van der Waals surface area contributed by atoms with Crippen molar-refractivity contribution in [1.82, 2.24) is 20.5 Å². The Morgan fingerprint density at radius 2 is 1.86 bits per heavy atom. The smallest absolute Gasteiger partial charge is 0.305 e. The van der Waals surface area contributed by atoms with Crippen LogP contribution in [-0.4, -0.2) is 74.6 Å². The van der Waals surface area contributed by atoms with Crippen LogP contribution in [0.15, 0.2) is 36.5 Å². The fourth-order valence-corrected chi connectivity index (χ4v) is 5.12. The summed E-state index contributed by atoms with van der Waals surface area (Å²) >= 11 is 0. The maximum absolute atomic E-state index is 13.6. The molecule has 2 aliphatic rings. The summed E-state index contributed by atoms with van der Waals surface area (Å²) in [5.74, 6) is -2.39. The van der Waals surface area contributed by atoms with E-state index in [0.29, 0.717) is 24.6 Å². The van der Waals surface area contributed by atoms with Crippen molar-refractivity contribution in [2.24, 2.45) is 0 Å². The zero-order valence-corrected chi connectivity index (χ0v) is 19.4. The fourth-order valence-electron chi connectivity index (χ4n) is 5.12. The first-order valence-corrected chi connectivity index (χ1v) is 12.0. The molecule has 0 aliphatic carbocycles. The molecule has 1 aromatic heterocycles. The molecule has 3 amide bonds. The molecule has 0 unspecified atom stereocenters. The summed E-state index contributed by atoms with van der Waals surface area (Å²) in [5, 5.41) is 25.4. The fraction of sp³-hybridized carbons (Fsp3) is 0.480. The van der Waals surface area contributed by atoms with Gasteiger partial charge in [-0.3, -0.25) is 24.2 Å². The highest BCUT2D eigenvalue weighted by molar-refractivity contribution is 6.06. The van der Waals surface area contributed by atoms with Crippen molar-refractivity contribution in [2.75, 3.05) is 6.61 Å². The molecular formula is C25H30N4O6. The van der Waals surface area contributed by atoms with Crippen LogP contribution in [0.25, 0.3) is 10.8 Å². The van der Waals surface area contributed by atoms with Gasteiger partial charge in [-0.1, -0.05) is 37.1 Å². The van der Waals surface area contributed by atoms with Crippen LogP contribution in [0, 0.1) is 0 Å². The summed E-state index contributed by atoms with van der Waals surface area (Å²) < 4.78 is 0. The van der Waals surface area contributed by atoms with Crippen LogP contribution < -0.4 is 10.6 Å². The number of aromatic nitrogens is 1. The van der Waals surface area contributed by atoms with E-state index in [1.807, 2.05) is 30.3 Å². The van der Waals surface area contributed by atoms with Gasteiger partial charge in [0.1, 0.15) is 17.8 Å². The lowest BCUT2D eigenvalue weighted by atomic mass is 9.98. The Morgan fingerprint density at radius 1 is 1.09 bits per heavy atom. The van der Waals surface area contributed by atoms with E-state index >= 15 is 0 Å². The molecule has 0 bridgehead atoms. The molecule has 2 aliphatic heterocycles. The van der Waals surface area contributed by atoms with Crippen LogP contribution in [-0.2, 0) is 14.4 Å². The van der Waals surface area contributed by atoms with Gasteiger partial charge in [-0.2, -0.15) is 0 Å². The maximum Gasteiger partial charge on any atom is 0.305 e. The molecule has 0 radical (unpaired) electrons. The Morgan fingerprint density at radius 3 is 2.63 bits per heavy atom. The van der Waals surface area contributed by atoms with Crippen molar-refractivity contribution in [2.45, 2.75) is 69.1 Å². The van der Waals surface area contributed by atoms with Crippen LogP contribution in [0.3, 0.4) is 0 Å². The molecule has 35 heavy (non-hydrogen) atoms. The Balaban J connectivity index is 1.52. The lowest BCUT2D eigenvalue weighted by Gasteiger charge is -2.35. The Kier molecular flexibility index (Phi) is 7.60. The van der Waals surface area contributed by atoms with Gasteiger partial charge in [-0.25, -0.2) is 0 Å². The number of carboxylic acid groups (broad SMARTS) is 1. The minimum atomic E-state index is -1.14. The van der Waals surface area contributed by atoms with Crippen molar-refractivity contribution in [3.63, 3.8) is 0 Å². The van der Waals surface area contributed by atoms with Gasteiger partial charge in [0.25, 0.3) is 5.91 Å². The molecule has 4 atom stereocenters. The number of aliphatic carboxylic acids is 1. The second kappa shape index (κ2) is 10.8. The number of aliphatic hydroxyl groups excluding tert-OH is 1. The first-order chi connectivity index (χ1) is 16.9. The predicted molar refractivity (Wildman–Crippen MR) is 126 cm³/mol. The number of nitrogens with zero attached hydrogens (tertiary/aromatic N) is 2. The second-order valence-electron chi connectivity index (χ2n) is 9.17. The van der Waals surface area contributed by atoms with Crippen molar-refractivity contribution in [3.05, 3.63) is 42.2 Å². The molecule has 10 nitrogen and oxygen atoms in total. The van der Waals surface area contributed by atoms with E-state index < -0.39 is 48.9 Å². The summed E-state index contributed by atoms with van der Waals surface area (Å²) in [6.07, 6.45) is 5.08. The number of amides is 3. The Labute approximate surface area is 202 Å². The van der Waals surface area contributed by atoms with Crippen molar-refractivity contribution >= 4 is 34.5 Å². The lowest BCUT2D eigenvalue weighted by Crippen LogP contribution is -2.57. The normalized spacial score (nSPS) is 23.2. The molecule has 0 saturated carbocycles. The van der Waals surface area contributed by atoms with Gasteiger partial charge in [0, 0.05) is 17.6 Å². The average Bonchev–Trinajstić information content (AvgIpc) is 3.26. The quantitative estimate of drug-likeness (QED) is 0.464. The number of hydrogen-bond acceptors (Lipinski definition) is 6. The van der Waals surface area contributed by atoms with Gasteiger partial charge in [0.2, 0.25) is 11.8 Å². The predicted octanol–water partition coefficient (Wildman–Crippen LogP) is 1.22. The number of carboxylic acids is 1. The number of carbonyl (C=O) groups excluding carboxylic acids is 3. The first-order valence-electron chi connectivity index (χ1n) is 12.0. The van der Waals surface area contributed by atoms with E-state index in [2.05, 4.69) is 15.6 Å². The van der Waals surface area contributed by atoms with E-state index in [4.69, 9.17) is 5.11 Å². The highest BCUT2D eigenvalue weighted by Crippen LogP contribution is 2.31. The van der Waals surface area contributed by atoms with Crippen molar-refractivity contribution in [3.8, 4) is 0 Å². The van der Waals surface area contributed by atoms with Crippen molar-refractivity contribution < 1.29 is 29.4 Å². The van der Waals surface area contributed by atoms with E-state index in [1.165, 1.54) is 0 Å². The van der Waals surface area contributed by atoms with Crippen LogP contribution >= 0.6 is 0 Å². The van der Waals surface area contributed by atoms with Crippen molar-refractivity contribution in [1.29, 1.82) is 0 Å². The minimum Gasteiger partial charge on any atom is -0.481 e. The molecule has 186 valence electrons. The molecule has 2 fully saturated rings.